The summed E-state index contributed by atoms with van der Waals surface area (Å²) in [5.74, 6) is 2.32. The van der Waals surface area contributed by atoms with Crippen molar-refractivity contribution in [2.24, 2.45) is 0 Å². The van der Waals surface area contributed by atoms with Crippen molar-refractivity contribution in [3.8, 4) is 34.5 Å². The Morgan fingerprint density at radius 3 is 2.33 bits per heavy atom. The molecule has 0 saturated heterocycles. The number of carbonyl (C=O) groups excluding carboxylic acids is 1. The van der Waals surface area contributed by atoms with Gasteiger partial charge in [0.1, 0.15) is 0 Å². The number of ether oxygens (including phenoxy) is 4. The van der Waals surface area contributed by atoms with Gasteiger partial charge >= 0.3 is 0 Å². The maximum Gasteiger partial charge on any atom is 0.257 e. The molecule has 1 heterocycles. The topological polar surface area (TPSA) is 96.2 Å². The van der Waals surface area contributed by atoms with E-state index in [1.54, 1.807) is 57.7 Å². The summed E-state index contributed by atoms with van der Waals surface area (Å²) in [6.45, 7) is 0.124. The van der Waals surface area contributed by atoms with Crippen LogP contribution >= 0.6 is 0 Å². The van der Waals surface area contributed by atoms with E-state index in [4.69, 9.17) is 23.4 Å². The lowest BCUT2D eigenvalue weighted by Gasteiger charge is -2.18. The number of aromatic nitrogens is 2. The summed E-state index contributed by atoms with van der Waals surface area (Å²) in [5, 5.41) is 8.11. The van der Waals surface area contributed by atoms with Gasteiger partial charge in [-0.05, 0) is 30.3 Å². The second-order valence-electron chi connectivity index (χ2n) is 6.27. The first-order valence-corrected chi connectivity index (χ1v) is 9.03. The largest absolute Gasteiger partial charge is 0.493 e. The molecule has 0 unspecified atom stereocenters. The molecule has 0 aliphatic heterocycles. The van der Waals surface area contributed by atoms with Gasteiger partial charge in [0, 0.05) is 12.6 Å². The third kappa shape index (κ3) is 4.14. The molecule has 0 aliphatic rings. The molecular formula is C21H23N3O6. The highest BCUT2D eigenvalue weighted by Crippen LogP contribution is 2.33. The van der Waals surface area contributed by atoms with Crippen LogP contribution in [-0.2, 0) is 6.54 Å². The number of hydrogen-bond acceptors (Lipinski definition) is 8. The Morgan fingerprint density at radius 2 is 1.67 bits per heavy atom. The maximum absolute atomic E-state index is 12.9. The van der Waals surface area contributed by atoms with Crippen LogP contribution < -0.4 is 18.9 Å². The molecule has 0 spiro atoms. The predicted octanol–water partition coefficient (Wildman–Crippen LogP) is 3.04. The SMILES string of the molecule is COc1ccc(-c2nnc(CN(C)C(=O)c3cccc(OC)c3OC)o2)cc1OC. The van der Waals surface area contributed by atoms with E-state index in [1.165, 1.54) is 19.1 Å². The fourth-order valence-corrected chi connectivity index (χ4v) is 2.94. The normalized spacial score (nSPS) is 10.4. The molecule has 3 rings (SSSR count). The lowest BCUT2D eigenvalue weighted by molar-refractivity contribution is 0.0769. The number of amides is 1. The van der Waals surface area contributed by atoms with E-state index in [0.717, 1.165) is 0 Å². The van der Waals surface area contributed by atoms with E-state index in [0.29, 0.717) is 40.0 Å². The minimum Gasteiger partial charge on any atom is -0.493 e. The summed E-state index contributed by atoms with van der Waals surface area (Å²) in [5.41, 5.74) is 1.05. The van der Waals surface area contributed by atoms with Gasteiger partial charge in [0.2, 0.25) is 11.8 Å². The molecule has 3 aromatic rings. The molecule has 0 fully saturated rings. The van der Waals surface area contributed by atoms with Crippen molar-refractivity contribution >= 4 is 5.91 Å². The molecule has 0 bridgehead atoms. The van der Waals surface area contributed by atoms with E-state index in [2.05, 4.69) is 10.2 Å². The standard InChI is InChI=1S/C21H23N3O6/c1-24(21(25)14-7-6-8-16(27-3)19(14)29-5)12-18-22-23-20(30-18)13-9-10-15(26-2)17(11-13)28-4/h6-11H,12H2,1-5H3. The summed E-state index contributed by atoms with van der Waals surface area (Å²) in [6, 6.07) is 10.4. The molecule has 1 aromatic heterocycles. The van der Waals surface area contributed by atoms with E-state index in [-0.39, 0.29) is 18.3 Å². The van der Waals surface area contributed by atoms with E-state index in [9.17, 15) is 4.79 Å². The quantitative estimate of drug-likeness (QED) is 0.556. The molecule has 158 valence electrons. The van der Waals surface area contributed by atoms with Gasteiger partial charge in [-0.25, -0.2) is 0 Å². The number of carbonyl (C=O) groups is 1. The van der Waals surface area contributed by atoms with Crippen LogP contribution in [-0.4, -0.2) is 56.5 Å². The van der Waals surface area contributed by atoms with Gasteiger partial charge in [-0.15, -0.1) is 10.2 Å². The molecule has 0 N–H and O–H groups in total. The van der Waals surface area contributed by atoms with Crippen LogP contribution in [0.4, 0.5) is 0 Å². The van der Waals surface area contributed by atoms with Gasteiger partial charge in [-0.1, -0.05) is 6.07 Å². The minimum absolute atomic E-state index is 0.124. The molecule has 0 aliphatic carbocycles. The summed E-state index contributed by atoms with van der Waals surface area (Å²) in [4.78, 5) is 14.4. The van der Waals surface area contributed by atoms with Crippen LogP contribution in [0.2, 0.25) is 0 Å². The van der Waals surface area contributed by atoms with Crippen LogP contribution in [0.25, 0.3) is 11.5 Å². The molecule has 9 nitrogen and oxygen atoms in total. The summed E-state index contributed by atoms with van der Waals surface area (Å²) >= 11 is 0. The molecule has 0 radical (unpaired) electrons. The zero-order chi connectivity index (χ0) is 21.7. The van der Waals surface area contributed by atoms with Gasteiger partial charge in [0.05, 0.1) is 40.5 Å². The third-order valence-corrected chi connectivity index (χ3v) is 4.45. The number of methoxy groups -OCH3 is 4. The Morgan fingerprint density at radius 1 is 0.933 bits per heavy atom. The summed E-state index contributed by atoms with van der Waals surface area (Å²) < 4.78 is 26.9. The first-order chi connectivity index (χ1) is 14.5. The Kier molecular flexibility index (Phi) is 6.41. The van der Waals surface area contributed by atoms with Gasteiger partial charge in [-0.3, -0.25) is 4.79 Å². The Hall–Kier alpha value is -3.75. The monoisotopic (exact) mass is 413 g/mol. The van der Waals surface area contributed by atoms with Crippen LogP contribution in [0, 0.1) is 0 Å². The lowest BCUT2D eigenvalue weighted by Crippen LogP contribution is -2.26. The highest BCUT2D eigenvalue weighted by Gasteiger charge is 2.21. The second-order valence-corrected chi connectivity index (χ2v) is 6.27. The van der Waals surface area contributed by atoms with Gasteiger partial charge in [0.25, 0.3) is 5.91 Å². The highest BCUT2D eigenvalue weighted by atomic mass is 16.5. The fourth-order valence-electron chi connectivity index (χ4n) is 2.94. The van der Waals surface area contributed by atoms with Gasteiger partial charge < -0.3 is 28.3 Å². The number of hydrogen-bond donors (Lipinski definition) is 0. The fraction of sp³-hybridized carbons (Fsp3) is 0.286. The summed E-state index contributed by atoms with van der Waals surface area (Å²) in [6.07, 6.45) is 0. The number of rotatable bonds is 8. The zero-order valence-corrected chi connectivity index (χ0v) is 17.5. The first kappa shape index (κ1) is 21.0. The average Bonchev–Trinajstić information content (AvgIpc) is 3.25. The molecule has 1 amide bonds. The third-order valence-electron chi connectivity index (χ3n) is 4.45. The molecule has 9 heteroatoms. The first-order valence-electron chi connectivity index (χ1n) is 9.03. The number of benzene rings is 2. The summed E-state index contributed by atoms with van der Waals surface area (Å²) in [7, 11) is 7.76. The van der Waals surface area contributed by atoms with Crippen molar-refractivity contribution in [2.75, 3.05) is 35.5 Å². The van der Waals surface area contributed by atoms with Crippen LogP contribution in [0.15, 0.2) is 40.8 Å². The molecular weight excluding hydrogens is 390 g/mol. The minimum atomic E-state index is -0.267. The van der Waals surface area contributed by atoms with Crippen molar-refractivity contribution in [1.29, 1.82) is 0 Å². The van der Waals surface area contributed by atoms with Gasteiger partial charge in [0.15, 0.2) is 23.0 Å². The van der Waals surface area contributed by atoms with Gasteiger partial charge in [-0.2, -0.15) is 0 Å². The van der Waals surface area contributed by atoms with Crippen molar-refractivity contribution < 1.29 is 28.2 Å². The number of para-hydroxylation sites is 1. The Bertz CT molecular complexity index is 1030. The second kappa shape index (κ2) is 9.17. The predicted molar refractivity (Wildman–Crippen MR) is 108 cm³/mol. The van der Waals surface area contributed by atoms with E-state index in [1.807, 2.05) is 0 Å². The van der Waals surface area contributed by atoms with Crippen LogP contribution in [0.5, 0.6) is 23.0 Å². The Labute approximate surface area is 174 Å². The smallest absolute Gasteiger partial charge is 0.257 e. The lowest BCUT2D eigenvalue weighted by atomic mass is 10.1. The van der Waals surface area contributed by atoms with Crippen molar-refractivity contribution in [2.45, 2.75) is 6.54 Å². The molecule has 2 aromatic carbocycles. The van der Waals surface area contributed by atoms with Crippen molar-refractivity contribution in [3.63, 3.8) is 0 Å². The highest BCUT2D eigenvalue weighted by molar-refractivity contribution is 5.97. The maximum atomic E-state index is 12.9. The van der Waals surface area contributed by atoms with Crippen molar-refractivity contribution in [1.82, 2.24) is 15.1 Å². The van der Waals surface area contributed by atoms with Crippen LogP contribution in [0.1, 0.15) is 16.2 Å². The van der Waals surface area contributed by atoms with Crippen molar-refractivity contribution in [3.05, 3.63) is 47.9 Å². The molecule has 30 heavy (non-hydrogen) atoms. The van der Waals surface area contributed by atoms with Crippen LogP contribution in [0.3, 0.4) is 0 Å². The number of nitrogens with zero attached hydrogens (tertiary/aromatic N) is 3. The Balaban J connectivity index is 1.79. The van der Waals surface area contributed by atoms with E-state index < -0.39 is 0 Å². The average molecular weight is 413 g/mol. The molecule has 0 atom stereocenters. The van der Waals surface area contributed by atoms with E-state index >= 15 is 0 Å². The zero-order valence-electron chi connectivity index (χ0n) is 17.5. The molecule has 0 saturated carbocycles.